The van der Waals surface area contributed by atoms with Gasteiger partial charge in [-0.05, 0) is 37.5 Å². The third-order valence-electron chi connectivity index (χ3n) is 3.20. The van der Waals surface area contributed by atoms with E-state index in [1.807, 2.05) is 12.1 Å². The fourth-order valence-corrected chi connectivity index (χ4v) is 2.40. The molecule has 16 heavy (non-hydrogen) atoms. The molecule has 0 spiro atoms. The van der Waals surface area contributed by atoms with Crippen molar-refractivity contribution in [2.24, 2.45) is 5.73 Å². The van der Waals surface area contributed by atoms with E-state index in [-0.39, 0.29) is 0 Å². The van der Waals surface area contributed by atoms with Gasteiger partial charge in [-0.2, -0.15) is 0 Å². The highest BCUT2D eigenvalue weighted by atomic mass is 16.5. The number of rotatable bonds is 2. The Balaban J connectivity index is 2.10. The highest BCUT2D eigenvalue weighted by Crippen LogP contribution is 2.26. The largest absolute Gasteiger partial charge is 0.497 e. The highest BCUT2D eigenvalue weighted by molar-refractivity contribution is 5.29. The van der Waals surface area contributed by atoms with Crippen LogP contribution in [0.4, 0.5) is 0 Å². The van der Waals surface area contributed by atoms with Gasteiger partial charge in [0.1, 0.15) is 5.75 Å². The molecule has 1 fully saturated rings. The molecular formula is C13H20N2O. The van der Waals surface area contributed by atoms with E-state index in [0.29, 0.717) is 18.1 Å². The van der Waals surface area contributed by atoms with E-state index in [4.69, 9.17) is 10.5 Å². The number of benzene rings is 1. The highest BCUT2D eigenvalue weighted by Gasteiger charge is 2.24. The summed E-state index contributed by atoms with van der Waals surface area (Å²) in [5.41, 5.74) is 7.34. The van der Waals surface area contributed by atoms with Crippen LogP contribution >= 0.6 is 0 Å². The summed E-state index contributed by atoms with van der Waals surface area (Å²) in [7, 11) is 1.69. The molecule has 0 unspecified atom stereocenters. The molecule has 1 aromatic carbocycles. The molecule has 1 aliphatic rings. The Hall–Kier alpha value is -1.06. The number of nitrogens with two attached hydrogens (primary N) is 1. The lowest BCUT2D eigenvalue weighted by Gasteiger charge is -2.33. The summed E-state index contributed by atoms with van der Waals surface area (Å²) in [5, 5.41) is 3.58. The maximum Gasteiger partial charge on any atom is 0.118 e. The van der Waals surface area contributed by atoms with Gasteiger partial charge in [0.25, 0.3) is 0 Å². The first-order chi connectivity index (χ1) is 7.69. The maximum absolute atomic E-state index is 6.04. The molecule has 0 radical (unpaired) electrons. The van der Waals surface area contributed by atoms with Crippen LogP contribution in [0.25, 0.3) is 0 Å². The summed E-state index contributed by atoms with van der Waals surface area (Å²) < 4.78 is 5.15. The number of ether oxygens (including phenoxy) is 1. The topological polar surface area (TPSA) is 47.3 Å². The van der Waals surface area contributed by atoms with Gasteiger partial charge in [0.2, 0.25) is 0 Å². The van der Waals surface area contributed by atoms with Crippen LogP contribution in [0, 0.1) is 0 Å². The molecule has 3 N–H and O–H groups in total. The summed E-state index contributed by atoms with van der Waals surface area (Å²) in [5.74, 6) is 0.900. The van der Waals surface area contributed by atoms with Crippen molar-refractivity contribution in [3.8, 4) is 5.75 Å². The smallest absolute Gasteiger partial charge is 0.118 e. The first-order valence-corrected chi connectivity index (χ1v) is 5.84. The number of nitrogens with one attached hydrogen (secondary N) is 1. The Kier molecular flexibility index (Phi) is 3.46. The molecule has 0 bridgehead atoms. The number of hydrogen-bond donors (Lipinski definition) is 2. The first kappa shape index (κ1) is 11.4. The first-order valence-electron chi connectivity index (χ1n) is 5.84. The van der Waals surface area contributed by atoms with Gasteiger partial charge in [-0.1, -0.05) is 12.1 Å². The summed E-state index contributed by atoms with van der Waals surface area (Å²) in [6, 6.07) is 9.41. The van der Waals surface area contributed by atoms with Crippen LogP contribution in [0.5, 0.6) is 5.75 Å². The lowest BCUT2D eigenvalue weighted by atomic mass is 9.91. The predicted octanol–water partition coefficient (Wildman–Crippen LogP) is 1.84. The summed E-state index contributed by atoms with van der Waals surface area (Å²) in [4.78, 5) is 0. The summed E-state index contributed by atoms with van der Waals surface area (Å²) in [6.45, 7) is 2.19. The molecule has 1 saturated heterocycles. The fraction of sp³-hybridized carbons (Fsp3) is 0.538. The molecule has 1 aliphatic heterocycles. The SMILES string of the molecule is COc1ccc([C@@H]2C[C@H](N)C[C@H](C)N2)cc1. The van der Waals surface area contributed by atoms with Gasteiger partial charge in [0.15, 0.2) is 0 Å². The third kappa shape index (κ3) is 2.54. The second kappa shape index (κ2) is 4.85. The average Bonchev–Trinajstić information content (AvgIpc) is 2.28. The van der Waals surface area contributed by atoms with Crippen molar-refractivity contribution in [3.63, 3.8) is 0 Å². The zero-order valence-corrected chi connectivity index (χ0v) is 9.94. The molecular weight excluding hydrogens is 200 g/mol. The minimum atomic E-state index is 0.309. The van der Waals surface area contributed by atoms with E-state index in [0.717, 1.165) is 18.6 Å². The van der Waals surface area contributed by atoms with Gasteiger partial charge >= 0.3 is 0 Å². The van der Waals surface area contributed by atoms with Crippen molar-refractivity contribution < 1.29 is 4.74 Å². The van der Waals surface area contributed by atoms with Gasteiger partial charge in [0, 0.05) is 18.1 Å². The van der Waals surface area contributed by atoms with Crippen LogP contribution in [0.1, 0.15) is 31.4 Å². The Morgan fingerprint density at radius 1 is 1.25 bits per heavy atom. The van der Waals surface area contributed by atoms with Gasteiger partial charge in [0.05, 0.1) is 7.11 Å². The normalized spacial score (nSPS) is 30.1. The zero-order valence-electron chi connectivity index (χ0n) is 9.94. The maximum atomic E-state index is 6.04. The van der Waals surface area contributed by atoms with Gasteiger partial charge in [-0.15, -0.1) is 0 Å². The summed E-state index contributed by atoms with van der Waals surface area (Å²) in [6.07, 6.45) is 2.07. The Morgan fingerprint density at radius 3 is 2.50 bits per heavy atom. The van der Waals surface area contributed by atoms with Gasteiger partial charge in [-0.3, -0.25) is 0 Å². The van der Waals surface area contributed by atoms with E-state index < -0.39 is 0 Å². The fourth-order valence-electron chi connectivity index (χ4n) is 2.40. The van der Waals surface area contributed by atoms with Crippen molar-refractivity contribution in [3.05, 3.63) is 29.8 Å². The van der Waals surface area contributed by atoms with E-state index in [1.54, 1.807) is 7.11 Å². The van der Waals surface area contributed by atoms with Gasteiger partial charge in [-0.25, -0.2) is 0 Å². The summed E-state index contributed by atoms with van der Waals surface area (Å²) >= 11 is 0. The molecule has 0 aliphatic carbocycles. The van der Waals surface area contributed by atoms with Crippen LogP contribution in [0.15, 0.2) is 24.3 Å². The van der Waals surface area contributed by atoms with E-state index in [2.05, 4.69) is 24.4 Å². The lowest BCUT2D eigenvalue weighted by Crippen LogP contribution is -2.44. The molecule has 0 amide bonds. The predicted molar refractivity (Wildman–Crippen MR) is 65.5 cm³/mol. The van der Waals surface area contributed by atoms with E-state index in [1.165, 1.54) is 5.56 Å². The molecule has 88 valence electrons. The molecule has 3 atom stereocenters. The average molecular weight is 220 g/mol. The van der Waals surface area contributed by atoms with Crippen molar-refractivity contribution in [1.82, 2.24) is 5.32 Å². The van der Waals surface area contributed by atoms with Crippen LogP contribution in [-0.4, -0.2) is 19.2 Å². The van der Waals surface area contributed by atoms with E-state index in [9.17, 15) is 0 Å². The minimum absolute atomic E-state index is 0.309. The third-order valence-corrected chi connectivity index (χ3v) is 3.20. The second-order valence-electron chi connectivity index (χ2n) is 4.62. The number of piperidine rings is 1. The van der Waals surface area contributed by atoms with Crippen molar-refractivity contribution in [1.29, 1.82) is 0 Å². The Labute approximate surface area is 97.0 Å². The monoisotopic (exact) mass is 220 g/mol. The van der Waals surface area contributed by atoms with Crippen LogP contribution < -0.4 is 15.8 Å². The lowest BCUT2D eigenvalue weighted by molar-refractivity contribution is 0.307. The van der Waals surface area contributed by atoms with Crippen LogP contribution in [0.2, 0.25) is 0 Å². The van der Waals surface area contributed by atoms with Crippen molar-refractivity contribution in [2.75, 3.05) is 7.11 Å². The molecule has 3 nitrogen and oxygen atoms in total. The van der Waals surface area contributed by atoms with E-state index >= 15 is 0 Å². The molecule has 3 heteroatoms. The van der Waals surface area contributed by atoms with Crippen LogP contribution in [-0.2, 0) is 0 Å². The number of methoxy groups -OCH3 is 1. The Bertz CT molecular complexity index is 326. The number of hydrogen-bond acceptors (Lipinski definition) is 3. The second-order valence-corrected chi connectivity index (χ2v) is 4.62. The molecule has 1 heterocycles. The standard InChI is InChI=1S/C13H20N2O/c1-9-7-11(14)8-13(15-9)10-3-5-12(16-2)6-4-10/h3-6,9,11,13,15H,7-8,14H2,1-2H3/t9-,11+,13-/m0/s1. The Morgan fingerprint density at radius 2 is 1.94 bits per heavy atom. The minimum Gasteiger partial charge on any atom is -0.497 e. The molecule has 0 saturated carbocycles. The molecule has 0 aromatic heterocycles. The van der Waals surface area contributed by atoms with Crippen LogP contribution in [0.3, 0.4) is 0 Å². The quantitative estimate of drug-likeness (QED) is 0.799. The molecule has 1 aromatic rings. The van der Waals surface area contributed by atoms with Crippen molar-refractivity contribution in [2.45, 2.75) is 37.9 Å². The zero-order chi connectivity index (χ0) is 11.5. The van der Waals surface area contributed by atoms with Crippen molar-refractivity contribution >= 4 is 0 Å². The van der Waals surface area contributed by atoms with Gasteiger partial charge < -0.3 is 15.8 Å². The molecule has 2 rings (SSSR count).